The summed E-state index contributed by atoms with van der Waals surface area (Å²) in [5.41, 5.74) is 0. The number of ether oxygens (including phenoxy) is 1. The fourth-order valence-electron chi connectivity index (χ4n) is 0.590. The van der Waals surface area contributed by atoms with Gasteiger partial charge in [-0.05, 0) is 12.8 Å². The molecule has 0 aromatic carbocycles. The molecule has 0 aliphatic rings. The zero-order valence-electron chi connectivity index (χ0n) is 7.27. The Hall–Kier alpha value is -0.530. The minimum Gasteiger partial charge on any atom is -0.481 e. The van der Waals surface area contributed by atoms with Crippen molar-refractivity contribution in [3.05, 3.63) is 0 Å². The van der Waals surface area contributed by atoms with Gasteiger partial charge in [0.1, 0.15) is 0 Å². The van der Waals surface area contributed by atoms with E-state index < -0.39 is 0 Å². The summed E-state index contributed by atoms with van der Waals surface area (Å²) in [5.74, 6) is 1.16. The highest BCUT2D eigenvalue weighted by Gasteiger charge is 2.12. The molecule has 10 heavy (non-hydrogen) atoms. The topological polar surface area (TPSA) is 33.1 Å². The monoisotopic (exact) mass is 143 g/mol. The van der Waals surface area contributed by atoms with E-state index in [9.17, 15) is 0 Å². The second-order valence-corrected chi connectivity index (χ2v) is 2.83. The summed E-state index contributed by atoms with van der Waals surface area (Å²) in [6, 6.07) is 0. The normalized spacial score (nSPS) is 13.3. The highest BCUT2D eigenvalue weighted by molar-refractivity contribution is 5.75. The second kappa shape index (κ2) is 4.31. The third-order valence-corrected chi connectivity index (χ3v) is 1.71. The lowest BCUT2D eigenvalue weighted by Gasteiger charge is -2.15. The molecule has 2 heteroatoms. The van der Waals surface area contributed by atoms with Crippen LogP contribution < -0.4 is 0 Å². The number of hydrogen-bond acceptors (Lipinski definition) is 2. The Kier molecular flexibility index (Phi) is 4.08. The first-order valence-electron chi connectivity index (χ1n) is 3.80. The van der Waals surface area contributed by atoms with E-state index in [0.717, 1.165) is 0 Å². The molecule has 0 amide bonds. The van der Waals surface area contributed by atoms with Crippen LogP contribution in [0.3, 0.4) is 0 Å². The molecule has 0 radical (unpaired) electrons. The van der Waals surface area contributed by atoms with Gasteiger partial charge >= 0.3 is 0 Å². The lowest BCUT2D eigenvalue weighted by atomic mass is 9.98. The molecule has 0 aliphatic carbocycles. The van der Waals surface area contributed by atoms with Crippen LogP contribution >= 0.6 is 0 Å². The summed E-state index contributed by atoms with van der Waals surface area (Å²) in [6.45, 7) is 8.72. The second-order valence-electron chi connectivity index (χ2n) is 2.83. The number of hydrogen-bond donors (Lipinski definition) is 1. The van der Waals surface area contributed by atoms with E-state index in [1.807, 2.05) is 13.8 Å². The molecule has 0 saturated carbocycles. The standard InChI is InChI=1S/C8H17NO/c1-5-10-8(9)7(4)6(2)3/h6-7,9H,5H2,1-4H3. The fraction of sp³-hybridized carbons (Fsp3) is 0.875. The third kappa shape index (κ3) is 2.85. The van der Waals surface area contributed by atoms with Gasteiger partial charge in [0.2, 0.25) is 0 Å². The van der Waals surface area contributed by atoms with Crippen LogP contribution in [0.1, 0.15) is 27.7 Å². The molecule has 1 atom stereocenters. The van der Waals surface area contributed by atoms with Crippen molar-refractivity contribution in [2.75, 3.05) is 6.61 Å². The molecular weight excluding hydrogens is 126 g/mol. The average molecular weight is 143 g/mol. The van der Waals surface area contributed by atoms with Crippen molar-refractivity contribution in [2.24, 2.45) is 11.8 Å². The SMILES string of the molecule is CCOC(=N)C(C)C(C)C. The van der Waals surface area contributed by atoms with E-state index in [1.54, 1.807) is 0 Å². The van der Waals surface area contributed by atoms with Crippen molar-refractivity contribution in [1.82, 2.24) is 0 Å². The molecule has 0 bridgehead atoms. The summed E-state index contributed by atoms with van der Waals surface area (Å²) < 4.78 is 5.05. The first-order valence-corrected chi connectivity index (χ1v) is 3.80. The van der Waals surface area contributed by atoms with Gasteiger partial charge in [0.25, 0.3) is 0 Å². The molecule has 1 unspecified atom stereocenters. The molecule has 0 rings (SSSR count). The highest BCUT2D eigenvalue weighted by atomic mass is 16.5. The maximum atomic E-state index is 7.40. The molecular formula is C8H17NO. The van der Waals surface area contributed by atoms with E-state index in [-0.39, 0.29) is 5.92 Å². The van der Waals surface area contributed by atoms with E-state index in [0.29, 0.717) is 18.4 Å². The van der Waals surface area contributed by atoms with Crippen LogP contribution in [0.4, 0.5) is 0 Å². The Morgan fingerprint density at radius 1 is 1.40 bits per heavy atom. The number of rotatable bonds is 3. The van der Waals surface area contributed by atoms with E-state index in [2.05, 4.69) is 13.8 Å². The molecule has 1 N–H and O–H groups in total. The van der Waals surface area contributed by atoms with E-state index in [4.69, 9.17) is 10.1 Å². The van der Waals surface area contributed by atoms with Gasteiger partial charge < -0.3 is 4.74 Å². The first kappa shape index (κ1) is 9.47. The molecule has 0 saturated heterocycles. The van der Waals surface area contributed by atoms with Gasteiger partial charge in [-0.2, -0.15) is 0 Å². The van der Waals surface area contributed by atoms with Crippen molar-refractivity contribution < 1.29 is 4.74 Å². The largest absolute Gasteiger partial charge is 0.481 e. The zero-order valence-corrected chi connectivity index (χ0v) is 7.27. The van der Waals surface area contributed by atoms with Gasteiger partial charge in [-0.25, -0.2) is 0 Å². The van der Waals surface area contributed by atoms with Crippen LogP contribution in [-0.2, 0) is 4.74 Å². The molecule has 2 nitrogen and oxygen atoms in total. The van der Waals surface area contributed by atoms with Gasteiger partial charge in [0.05, 0.1) is 6.61 Å². The van der Waals surface area contributed by atoms with Crippen molar-refractivity contribution in [3.8, 4) is 0 Å². The Morgan fingerprint density at radius 2 is 1.90 bits per heavy atom. The van der Waals surface area contributed by atoms with Crippen molar-refractivity contribution in [1.29, 1.82) is 5.41 Å². The summed E-state index contributed by atoms with van der Waals surface area (Å²) in [5, 5.41) is 7.40. The first-order chi connectivity index (χ1) is 4.59. The zero-order chi connectivity index (χ0) is 8.15. The predicted molar refractivity (Wildman–Crippen MR) is 43.4 cm³/mol. The van der Waals surface area contributed by atoms with Crippen molar-refractivity contribution >= 4 is 5.90 Å². The van der Waals surface area contributed by atoms with Gasteiger partial charge in [-0.1, -0.05) is 20.8 Å². The molecule has 0 heterocycles. The van der Waals surface area contributed by atoms with Crippen LogP contribution in [0.2, 0.25) is 0 Å². The van der Waals surface area contributed by atoms with Crippen LogP contribution in [0.5, 0.6) is 0 Å². The minimum atomic E-state index is 0.250. The lowest BCUT2D eigenvalue weighted by molar-refractivity contribution is 0.285. The Morgan fingerprint density at radius 3 is 2.20 bits per heavy atom. The fourth-order valence-corrected chi connectivity index (χ4v) is 0.590. The van der Waals surface area contributed by atoms with Crippen LogP contribution in [0, 0.1) is 17.2 Å². The third-order valence-electron chi connectivity index (χ3n) is 1.71. The maximum absolute atomic E-state index is 7.40. The smallest absolute Gasteiger partial charge is 0.183 e. The van der Waals surface area contributed by atoms with E-state index >= 15 is 0 Å². The molecule has 0 spiro atoms. The van der Waals surface area contributed by atoms with Crippen molar-refractivity contribution in [2.45, 2.75) is 27.7 Å². The van der Waals surface area contributed by atoms with Gasteiger partial charge in [0.15, 0.2) is 5.90 Å². The maximum Gasteiger partial charge on any atom is 0.183 e. The summed E-state index contributed by atoms with van der Waals surface area (Å²) in [7, 11) is 0. The lowest BCUT2D eigenvalue weighted by Crippen LogP contribution is -2.18. The highest BCUT2D eigenvalue weighted by Crippen LogP contribution is 2.11. The Balaban J connectivity index is 3.71. The van der Waals surface area contributed by atoms with Gasteiger partial charge in [0, 0.05) is 5.92 Å². The summed E-state index contributed by atoms with van der Waals surface area (Å²) in [6.07, 6.45) is 0. The molecule has 0 fully saturated rings. The Bertz CT molecular complexity index is 110. The molecule has 0 aromatic heterocycles. The number of nitrogens with one attached hydrogen (secondary N) is 1. The molecule has 0 aromatic rings. The van der Waals surface area contributed by atoms with Crippen LogP contribution in [-0.4, -0.2) is 12.5 Å². The Labute approximate surface area is 63.1 Å². The average Bonchev–Trinajstić information content (AvgIpc) is 1.87. The van der Waals surface area contributed by atoms with Gasteiger partial charge in [-0.3, -0.25) is 5.41 Å². The van der Waals surface area contributed by atoms with E-state index in [1.165, 1.54) is 0 Å². The minimum absolute atomic E-state index is 0.250. The van der Waals surface area contributed by atoms with Crippen LogP contribution in [0.15, 0.2) is 0 Å². The van der Waals surface area contributed by atoms with Crippen molar-refractivity contribution in [3.63, 3.8) is 0 Å². The van der Waals surface area contributed by atoms with Gasteiger partial charge in [-0.15, -0.1) is 0 Å². The quantitative estimate of drug-likeness (QED) is 0.477. The molecule has 0 aliphatic heterocycles. The molecule has 60 valence electrons. The predicted octanol–water partition coefficient (Wildman–Crippen LogP) is 2.29. The van der Waals surface area contributed by atoms with Crippen LogP contribution in [0.25, 0.3) is 0 Å². The summed E-state index contributed by atoms with van der Waals surface area (Å²) in [4.78, 5) is 0. The summed E-state index contributed by atoms with van der Waals surface area (Å²) >= 11 is 0.